The Morgan fingerprint density at radius 3 is 2.03 bits per heavy atom. The number of aromatic nitrogens is 1. The maximum atomic E-state index is 6.14. The molecule has 1 heterocycles. The third-order valence-electron chi connectivity index (χ3n) is 5.11. The Balaban J connectivity index is 1.82. The second-order valence-corrected chi connectivity index (χ2v) is 7.57. The SMILES string of the molecule is CCCCCOc1ccc(-c2cccc(-c3ccccn3)c2)cc1OCCCCC. The van der Waals surface area contributed by atoms with Crippen molar-refractivity contribution in [3.8, 4) is 33.9 Å². The molecule has 0 aliphatic heterocycles. The third-order valence-corrected chi connectivity index (χ3v) is 5.11. The number of nitrogens with zero attached hydrogens (tertiary/aromatic N) is 1. The zero-order valence-corrected chi connectivity index (χ0v) is 18.3. The Hall–Kier alpha value is -2.81. The fraction of sp³-hybridized carbons (Fsp3) is 0.370. The van der Waals surface area contributed by atoms with Gasteiger partial charge in [0.05, 0.1) is 18.9 Å². The molecule has 0 radical (unpaired) electrons. The normalized spacial score (nSPS) is 10.7. The minimum Gasteiger partial charge on any atom is -0.490 e. The fourth-order valence-corrected chi connectivity index (χ4v) is 3.38. The molecule has 0 unspecified atom stereocenters. The van der Waals surface area contributed by atoms with Crippen molar-refractivity contribution in [2.45, 2.75) is 52.4 Å². The molecule has 0 N–H and O–H groups in total. The van der Waals surface area contributed by atoms with E-state index in [0.29, 0.717) is 0 Å². The van der Waals surface area contributed by atoms with Gasteiger partial charge in [-0.2, -0.15) is 0 Å². The van der Waals surface area contributed by atoms with Crippen molar-refractivity contribution >= 4 is 0 Å². The van der Waals surface area contributed by atoms with Crippen LogP contribution < -0.4 is 9.47 Å². The van der Waals surface area contributed by atoms with E-state index >= 15 is 0 Å². The second-order valence-electron chi connectivity index (χ2n) is 7.57. The summed E-state index contributed by atoms with van der Waals surface area (Å²) in [5.41, 5.74) is 4.36. The van der Waals surface area contributed by atoms with Crippen LogP contribution in [0.3, 0.4) is 0 Å². The maximum Gasteiger partial charge on any atom is 0.161 e. The van der Waals surface area contributed by atoms with Gasteiger partial charge < -0.3 is 9.47 Å². The van der Waals surface area contributed by atoms with Gasteiger partial charge in [-0.3, -0.25) is 4.98 Å². The van der Waals surface area contributed by atoms with E-state index in [1.54, 1.807) is 0 Å². The van der Waals surface area contributed by atoms with Crippen molar-refractivity contribution in [3.05, 3.63) is 66.9 Å². The van der Waals surface area contributed by atoms with Crippen LogP contribution in [0.15, 0.2) is 66.9 Å². The number of pyridine rings is 1. The highest BCUT2D eigenvalue weighted by Crippen LogP contribution is 2.34. The summed E-state index contributed by atoms with van der Waals surface area (Å²) in [6, 6.07) is 20.7. The van der Waals surface area contributed by atoms with E-state index in [9.17, 15) is 0 Å². The third kappa shape index (κ3) is 6.35. The average Bonchev–Trinajstić information content (AvgIpc) is 2.81. The maximum absolute atomic E-state index is 6.14. The smallest absolute Gasteiger partial charge is 0.161 e. The van der Waals surface area contributed by atoms with Crippen LogP contribution in [0.2, 0.25) is 0 Å². The van der Waals surface area contributed by atoms with Gasteiger partial charge >= 0.3 is 0 Å². The van der Waals surface area contributed by atoms with Crippen molar-refractivity contribution in [1.82, 2.24) is 4.98 Å². The van der Waals surface area contributed by atoms with Gasteiger partial charge in [0.25, 0.3) is 0 Å². The topological polar surface area (TPSA) is 31.4 Å². The highest BCUT2D eigenvalue weighted by Gasteiger charge is 2.10. The molecule has 1 aromatic heterocycles. The highest BCUT2D eigenvalue weighted by molar-refractivity contribution is 5.73. The molecule has 0 bridgehead atoms. The lowest BCUT2D eigenvalue weighted by Gasteiger charge is -2.15. The Labute approximate surface area is 181 Å². The van der Waals surface area contributed by atoms with Gasteiger partial charge in [-0.1, -0.05) is 69.9 Å². The van der Waals surface area contributed by atoms with Gasteiger partial charge in [-0.05, 0) is 54.3 Å². The average molecular weight is 404 g/mol. The summed E-state index contributed by atoms with van der Waals surface area (Å²) in [5, 5.41) is 0. The van der Waals surface area contributed by atoms with Crippen LogP contribution >= 0.6 is 0 Å². The van der Waals surface area contributed by atoms with Crippen molar-refractivity contribution in [1.29, 1.82) is 0 Å². The van der Waals surface area contributed by atoms with Crippen LogP contribution in [0.4, 0.5) is 0 Å². The summed E-state index contributed by atoms with van der Waals surface area (Å²) < 4.78 is 12.2. The first-order valence-electron chi connectivity index (χ1n) is 11.2. The molecular weight excluding hydrogens is 370 g/mol. The Morgan fingerprint density at radius 2 is 1.33 bits per heavy atom. The molecule has 0 amide bonds. The van der Waals surface area contributed by atoms with Crippen LogP contribution in [0, 0.1) is 0 Å². The highest BCUT2D eigenvalue weighted by atomic mass is 16.5. The van der Waals surface area contributed by atoms with Crippen LogP contribution in [0.25, 0.3) is 22.4 Å². The number of benzene rings is 2. The van der Waals surface area contributed by atoms with Crippen molar-refractivity contribution < 1.29 is 9.47 Å². The quantitative estimate of drug-likeness (QED) is 0.292. The Kier molecular flexibility index (Phi) is 8.77. The van der Waals surface area contributed by atoms with Crippen LogP contribution in [-0.2, 0) is 0 Å². The first kappa shape index (κ1) is 21.9. The molecule has 0 saturated carbocycles. The minimum atomic E-state index is 0.719. The first-order chi connectivity index (χ1) is 14.8. The van der Waals surface area contributed by atoms with Crippen molar-refractivity contribution in [2.75, 3.05) is 13.2 Å². The molecule has 0 atom stereocenters. The number of hydrogen-bond acceptors (Lipinski definition) is 3. The zero-order chi connectivity index (χ0) is 21.0. The molecular formula is C27H33NO2. The van der Waals surface area contributed by atoms with Gasteiger partial charge in [0.2, 0.25) is 0 Å². The van der Waals surface area contributed by atoms with Gasteiger partial charge in [0.1, 0.15) is 0 Å². The van der Waals surface area contributed by atoms with E-state index in [2.05, 4.69) is 55.2 Å². The van der Waals surface area contributed by atoms with Gasteiger partial charge in [-0.25, -0.2) is 0 Å². The van der Waals surface area contributed by atoms with Gasteiger partial charge in [0, 0.05) is 11.8 Å². The Bertz CT molecular complexity index is 892. The lowest BCUT2D eigenvalue weighted by atomic mass is 10.0. The molecule has 0 saturated heterocycles. The summed E-state index contributed by atoms with van der Waals surface area (Å²) in [6.45, 7) is 5.86. The summed E-state index contributed by atoms with van der Waals surface area (Å²) in [5.74, 6) is 1.68. The largest absolute Gasteiger partial charge is 0.490 e. The molecule has 3 heteroatoms. The van der Waals surface area contributed by atoms with E-state index in [-0.39, 0.29) is 0 Å². The summed E-state index contributed by atoms with van der Waals surface area (Å²) in [4.78, 5) is 4.48. The first-order valence-corrected chi connectivity index (χ1v) is 11.2. The molecule has 30 heavy (non-hydrogen) atoms. The van der Waals surface area contributed by atoms with Gasteiger partial charge in [-0.15, -0.1) is 0 Å². The zero-order valence-electron chi connectivity index (χ0n) is 18.3. The van der Waals surface area contributed by atoms with Gasteiger partial charge in [0.15, 0.2) is 11.5 Å². The Morgan fingerprint density at radius 1 is 0.633 bits per heavy atom. The van der Waals surface area contributed by atoms with Crippen LogP contribution in [-0.4, -0.2) is 18.2 Å². The molecule has 0 spiro atoms. The molecule has 3 rings (SSSR count). The van der Waals surface area contributed by atoms with E-state index in [0.717, 1.165) is 59.9 Å². The molecule has 0 fully saturated rings. The molecule has 3 aromatic rings. The number of ether oxygens (including phenoxy) is 2. The lowest BCUT2D eigenvalue weighted by Crippen LogP contribution is -2.03. The van der Waals surface area contributed by atoms with E-state index < -0.39 is 0 Å². The van der Waals surface area contributed by atoms with E-state index in [4.69, 9.17) is 9.47 Å². The number of rotatable bonds is 12. The van der Waals surface area contributed by atoms with E-state index in [1.165, 1.54) is 25.7 Å². The van der Waals surface area contributed by atoms with E-state index in [1.807, 2.05) is 30.5 Å². The fourth-order valence-electron chi connectivity index (χ4n) is 3.38. The number of unbranched alkanes of at least 4 members (excludes halogenated alkanes) is 4. The predicted molar refractivity (Wildman–Crippen MR) is 125 cm³/mol. The van der Waals surface area contributed by atoms with Crippen LogP contribution in [0.1, 0.15) is 52.4 Å². The predicted octanol–water partition coefficient (Wildman–Crippen LogP) is 7.55. The molecule has 2 aromatic carbocycles. The second kappa shape index (κ2) is 12.0. The summed E-state index contributed by atoms with van der Waals surface area (Å²) in [6.07, 6.45) is 8.70. The summed E-state index contributed by atoms with van der Waals surface area (Å²) in [7, 11) is 0. The van der Waals surface area contributed by atoms with Crippen molar-refractivity contribution in [2.24, 2.45) is 0 Å². The standard InChI is InChI=1S/C27H33NO2/c1-3-5-9-18-29-26-16-15-23(21-27(26)30-19-10-6-4-2)22-12-11-13-24(20-22)25-14-7-8-17-28-25/h7-8,11-17,20-21H,3-6,9-10,18-19H2,1-2H3. The minimum absolute atomic E-state index is 0.719. The molecule has 0 aliphatic carbocycles. The summed E-state index contributed by atoms with van der Waals surface area (Å²) >= 11 is 0. The molecule has 3 nitrogen and oxygen atoms in total. The molecule has 158 valence electrons. The van der Waals surface area contributed by atoms with Crippen LogP contribution in [0.5, 0.6) is 11.5 Å². The lowest BCUT2D eigenvalue weighted by molar-refractivity contribution is 0.260. The monoisotopic (exact) mass is 403 g/mol. The molecule has 0 aliphatic rings. The number of hydrogen-bond donors (Lipinski definition) is 0. The van der Waals surface area contributed by atoms with Crippen molar-refractivity contribution in [3.63, 3.8) is 0 Å².